The molecule has 0 aromatic carbocycles. The topological polar surface area (TPSA) is 86.8 Å². The Morgan fingerprint density at radius 1 is 0.767 bits per heavy atom. The fraction of sp³-hybridized carbons (Fsp3) is 0.862. The van der Waals surface area contributed by atoms with Crippen LogP contribution in [0.1, 0.15) is 80.1 Å². The molecular formula is C29H48BF3N2O7S. The highest BCUT2D eigenvalue weighted by molar-refractivity contribution is 7.87. The third kappa shape index (κ3) is 7.99. The molecule has 9 nitrogen and oxygen atoms in total. The summed E-state index contributed by atoms with van der Waals surface area (Å²) in [4.78, 5) is 4.82. The van der Waals surface area contributed by atoms with Crippen molar-refractivity contribution in [2.45, 2.75) is 108 Å². The lowest BCUT2D eigenvalue weighted by Crippen LogP contribution is -2.52. The highest BCUT2D eigenvalue weighted by atomic mass is 32.2. The zero-order valence-electron chi connectivity index (χ0n) is 26.4. The number of hydrogen-bond acceptors (Lipinski definition) is 9. The molecule has 0 bridgehead atoms. The first-order valence-electron chi connectivity index (χ1n) is 15.3. The van der Waals surface area contributed by atoms with Crippen molar-refractivity contribution in [1.82, 2.24) is 9.80 Å². The third-order valence-corrected chi connectivity index (χ3v) is 11.0. The molecule has 43 heavy (non-hydrogen) atoms. The van der Waals surface area contributed by atoms with E-state index in [0.717, 1.165) is 52.2 Å². The molecule has 0 spiro atoms. The summed E-state index contributed by atoms with van der Waals surface area (Å²) in [6.07, 6.45) is 8.29. The van der Waals surface area contributed by atoms with Gasteiger partial charge in [-0.3, -0.25) is 9.80 Å². The van der Waals surface area contributed by atoms with Gasteiger partial charge in [-0.15, -0.1) is 0 Å². The summed E-state index contributed by atoms with van der Waals surface area (Å²) in [5.74, 6) is -0.127. The van der Waals surface area contributed by atoms with Gasteiger partial charge in [-0.2, -0.15) is 21.6 Å². The SMILES string of the molecule is CC1(N2CCOCC2)CC=C(B2OC(C)(C)C(C)(C)O2)CC1.CC1(N2CCOCC2)CC=C(OS(=O)(=O)C(F)(F)F)CC1. The largest absolute Gasteiger partial charge is 0.534 e. The molecule has 5 aliphatic rings. The van der Waals surface area contributed by atoms with Gasteiger partial charge in [-0.05, 0) is 85.2 Å². The average molecular weight is 637 g/mol. The number of morpholine rings is 2. The maximum absolute atomic E-state index is 12.3. The van der Waals surface area contributed by atoms with Crippen LogP contribution in [0.2, 0.25) is 0 Å². The van der Waals surface area contributed by atoms with E-state index in [0.29, 0.717) is 26.1 Å². The van der Waals surface area contributed by atoms with Gasteiger partial charge >= 0.3 is 22.7 Å². The zero-order chi connectivity index (χ0) is 31.7. The fourth-order valence-corrected chi connectivity index (χ4v) is 6.68. The minimum Gasteiger partial charge on any atom is -0.400 e. The lowest BCUT2D eigenvalue weighted by atomic mass is 9.68. The Kier molecular flexibility index (Phi) is 10.4. The van der Waals surface area contributed by atoms with Crippen molar-refractivity contribution >= 4 is 17.2 Å². The predicted octanol–water partition coefficient (Wildman–Crippen LogP) is 4.83. The van der Waals surface area contributed by atoms with Gasteiger partial charge in [-0.25, -0.2) is 0 Å². The predicted molar refractivity (Wildman–Crippen MR) is 158 cm³/mol. The first-order chi connectivity index (χ1) is 19.9. The summed E-state index contributed by atoms with van der Waals surface area (Å²) in [7, 11) is -5.73. The van der Waals surface area contributed by atoms with Gasteiger partial charge in [0.15, 0.2) is 0 Å². The second-order valence-electron chi connectivity index (χ2n) is 13.6. The van der Waals surface area contributed by atoms with Crippen molar-refractivity contribution in [3.05, 3.63) is 23.4 Å². The van der Waals surface area contributed by atoms with Gasteiger partial charge in [0.25, 0.3) is 0 Å². The highest BCUT2D eigenvalue weighted by Crippen LogP contribution is 2.42. The lowest BCUT2D eigenvalue weighted by Gasteiger charge is -2.45. The Bertz CT molecular complexity index is 1140. The molecule has 0 aromatic rings. The summed E-state index contributed by atoms with van der Waals surface area (Å²) in [5.41, 5.74) is -4.49. The van der Waals surface area contributed by atoms with E-state index in [1.54, 1.807) is 0 Å². The number of nitrogens with zero attached hydrogens (tertiary/aromatic N) is 2. The van der Waals surface area contributed by atoms with Crippen LogP contribution in [0.4, 0.5) is 13.2 Å². The Labute approximate surface area is 255 Å². The lowest BCUT2D eigenvalue weighted by molar-refractivity contribution is -0.0529. The molecule has 3 fully saturated rings. The minimum atomic E-state index is -5.56. The maximum Gasteiger partial charge on any atom is 0.534 e. The summed E-state index contributed by atoms with van der Waals surface area (Å²) in [5, 5.41) is 0. The van der Waals surface area contributed by atoms with Crippen LogP contribution < -0.4 is 0 Å². The van der Waals surface area contributed by atoms with Crippen LogP contribution in [0.25, 0.3) is 0 Å². The molecule has 2 aliphatic carbocycles. The summed E-state index contributed by atoms with van der Waals surface area (Å²) < 4.78 is 86.1. The van der Waals surface area contributed by atoms with Crippen LogP contribution in [-0.2, 0) is 33.1 Å². The molecule has 3 aliphatic heterocycles. The van der Waals surface area contributed by atoms with Gasteiger partial charge in [0.2, 0.25) is 0 Å². The zero-order valence-corrected chi connectivity index (χ0v) is 27.2. The fourth-order valence-electron chi connectivity index (χ4n) is 6.15. The molecule has 0 aromatic heterocycles. The number of rotatable bonds is 5. The van der Waals surface area contributed by atoms with Crippen LogP contribution in [0, 0.1) is 0 Å². The first kappa shape index (κ1) is 34.7. The molecule has 0 radical (unpaired) electrons. The summed E-state index contributed by atoms with van der Waals surface area (Å²) in [6.45, 7) is 19.5. The third-order valence-electron chi connectivity index (χ3n) is 10.0. The van der Waals surface area contributed by atoms with Crippen molar-refractivity contribution in [3.63, 3.8) is 0 Å². The maximum atomic E-state index is 12.3. The van der Waals surface area contributed by atoms with Crippen molar-refractivity contribution in [2.24, 2.45) is 0 Å². The molecule has 246 valence electrons. The van der Waals surface area contributed by atoms with Crippen molar-refractivity contribution in [3.8, 4) is 0 Å². The molecule has 5 rings (SSSR count). The number of alkyl halides is 3. The van der Waals surface area contributed by atoms with Crippen molar-refractivity contribution in [1.29, 1.82) is 0 Å². The highest BCUT2D eigenvalue weighted by Gasteiger charge is 2.53. The second kappa shape index (κ2) is 12.9. The van der Waals surface area contributed by atoms with E-state index in [1.807, 2.05) is 6.92 Å². The van der Waals surface area contributed by atoms with E-state index in [9.17, 15) is 21.6 Å². The van der Waals surface area contributed by atoms with Crippen LogP contribution in [-0.4, -0.2) is 106 Å². The van der Waals surface area contributed by atoms with E-state index in [2.05, 4.69) is 54.7 Å². The van der Waals surface area contributed by atoms with Crippen LogP contribution in [0.5, 0.6) is 0 Å². The number of halogens is 3. The summed E-state index contributed by atoms with van der Waals surface area (Å²) in [6, 6.07) is 0. The molecule has 0 N–H and O–H groups in total. The Balaban J connectivity index is 0.000000197. The van der Waals surface area contributed by atoms with Crippen LogP contribution in [0.15, 0.2) is 23.4 Å². The van der Waals surface area contributed by atoms with E-state index in [-0.39, 0.29) is 41.6 Å². The van der Waals surface area contributed by atoms with E-state index < -0.39 is 15.6 Å². The van der Waals surface area contributed by atoms with Gasteiger partial charge < -0.3 is 23.0 Å². The van der Waals surface area contributed by atoms with Crippen molar-refractivity contribution < 1.29 is 44.6 Å². The van der Waals surface area contributed by atoms with Crippen molar-refractivity contribution in [2.75, 3.05) is 52.6 Å². The normalized spacial score (nSPS) is 32.3. The van der Waals surface area contributed by atoms with E-state index in [4.69, 9.17) is 18.8 Å². The average Bonchev–Trinajstić information content (AvgIpc) is 3.17. The van der Waals surface area contributed by atoms with Crippen LogP contribution in [0.3, 0.4) is 0 Å². The summed E-state index contributed by atoms with van der Waals surface area (Å²) >= 11 is 0. The molecule has 0 amide bonds. The smallest absolute Gasteiger partial charge is 0.400 e. The van der Waals surface area contributed by atoms with Gasteiger partial charge in [0.05, 0.1) is 37.6 Å². The quantitative estimate of drug-likeness (QED) is 0.239. The first-order valence-corrected chi connectivity index (χ1v) is 16.7. The number of allylic oxidation sites excluding steroid dienone is 2. The molecule has 0 saturated carbocycles. The van der Waals surface area contributed by atoms with Gasteiger partial charge in [0, 0.05) is 43.7 Å². The Hall–Kier alpha value is -1.16. The van der Waals surface area contributed by atoms with E-state index >= 15 is 0 Å². The Morgan fingerprint density at radius 3 is 1.58 bits per heavy atom. The molecule has 2 unspecified atom stereocenters. The van der Waals surface area contributed by atoms with E-state index in [1.165, 1.54) is 18.0 Å². The standard InChI is InChI=1S/C17H30BNO3.C12H18F3NO4S/c1-15(2)16(3,4)22-18(21-15)14-6-8-17(5,9-7-14)19-10-12-20-13-11-19;1-11(16-6-8-19-9-7-16)4-2-10(3-5-11)20-21(17,18)12(13,14)15/h6H,7-13H2,1-5H3;2H,3-9H2,1H3. The minimum absolute atomic E-state index is 0.127. The van der Waals surface area contributed by atoms with Gasteiger partial charge in [-0.1, -0.05) is 6.08 Å². The molecule has 3 saturated heterocycles. The second-order valence-corrected chi connectivity index (χ2v) is 15.2. The number of ether oxygens (including phenoxy) is 2. The molecule has 14 heteroatoms. The Morgan fingerprint density at radius 2 is 1.21 bits per heavy atom. The molecule has 2 atom stereocenters. The monoisotopic (exact) mass is 636 g/mol. The molecule has 3 heterocycles. The number of hydrogen-bond donors (Lipinski definition) is 0. The van der Waals surface area contributed by atoms with Gasteiger partial charge in [0.1, 0.15) is 5.76 Å². The van der Waals surface area contributed by atoms with Crippen LogP contribution >= 0.6 is 0 Å². The molecular weight excluding hydrogens is 588 g/mol.